The second-order valence-corrected chi connectivity index (χ2v) is 14.3. The van der Waals surface area contributed by atoms with Gasteiger partial charge in [-0.05, 0) is 24.3 Å². The fraction of sp³-hybridized carbons (Fsp3) is 0.438. The zero-order valence-corrected chi connectivity index (χ0v) is 32.2. The predicted molar refractivity (Wildman–Crippen MR) is 213 cm³/mol. The highest BCUT2D eigenvalue weighted by Crippen LogP contribution is 2.24. The lowest BCUT2D eigenvalue weighted by molar-refractivity contribution is -0.126. The molecule has 2 heterocycles. The Bertz CT molecular complexity index is 1180. The van der Waals surface area contributed by atoms with Gasteiger partial charge in [0.25, 0.3) is 0 Å². The van der Waals surface area contributed by atoms with Crippen LogP contribution in [0.1, 0.15) is 24.2 Å². The number of nitrogens with one attached hydrogen (secondary N) is 4. The Morgan fingerprint density at radius 1 is 0.635 bits per heavy atom. The molecule has 288 valence electrons. The third kappa shape index (κ3) is 37.7. The number of hydrogen-bond donors (Lipinski definition) is 8. The predicted octanol–water partition coefficient (Wildman–Crippen LogP) is 0.108. The van der Waals surface area contributed by atoms with Gasteiger partial charge in [-0.2, -0.15) is 0 Å². The Morgan fingerprint density at radius 3 is 1.42 bits per heavy atom. The molecule has 0 aliphatic rings. The molecule has 52 heavy (non-hydrogen) atoms. The summed E-state index contributed by atoms with van der Waals surface area (Å²) in [7, 11) is 6.90. The monoisotopic (exact) mass is 798 g/mol. The van der Waals surface area contributed by atoms with Crippen molar-refractivity contribution >= 4 is 66.8 Å². The summed E-state index contributed by atoms with van der Waals surface area (Å²) in [6, 6.07) is 11.8. The van der Waals surface area contributed by atoms with Crippen molar-refractivity contribution in [2.24, 2.45) is 23.3 Å². The van der Waals surface area contributed by atoms with Crippen molar-refractivity contribution in [3.63, 3.8) is 0 Å². The number of carbonyl (C=O) groups is 4. The van der Waals surface area contributed by atoms with E-state index in [9.17, 15) is 19.2 Å². The number of pyridine rings is 2. The molecule has 0 spiro atoms. The maximum Gasteiger partial charge on any atom is 0.248 e. The van der Waals surface area contributed by atoms with E-state index >= 15 is 0 Å². The van der Waals surface area contributed by atoms with Gasteiger partial charge in [-0.15, -0.1) is 12.8 Å². The van der Waals surface area contributed by atoms with Gasteiger partial charge in [0.15, 0.2) is 0 Å². The minimum absolute atomic E-state index is 0.0304. The Kier molecular flexibility index (Phi) is 39.1. The van der Waals surface area contributed by atoms with Gasteiger partial charge in [0.05, 0.1) is 24.5 Å². The first-order valence-corrected chi connectivity index (χ1v) is 20.5. The van der Waals surface area contributed by atoms with Crippen LogP contribution in [0, 0.1) is 24.7 Å². The van der Waals surface area contributed by atoms with E-state index < -0.39 is 0 Å². The van der Waals surface area contributed by atoms with Gasteiger partial charge in [0, 0.05) is 74.4 Å². The molecule has 20 heteroatoms. The molecule has 4 amide bonds. The third-order valence-electron chi connectivity index (χ3n) is 4.99. The molecule has 12 N–H and O–H groups in total. The van der Waals surface area contributed by atoms with Crippen molar-refractivity contribution < 1.29 is 28.9 Å². The van der Waals surface area contributed by atoms with E-state index in [1.807, 2.05) is 36.4 Å². The van der Waals surface area contributed by atoms with Crippen molar-refractivity contribution in [1.29, 1.82) is 0 Å². The number of nitrogens with zero attached hydrogens (tertiary/aromatic N) is 2. The van der Waals surface area contributed by atoms with Crippen molar-refractivity contribution in [1.82, 2.24) is 31.2 Å². The molecule has 16 nitrogen and oxygen atoms in total. The van der Waals surface area contributed by atoms with E-state index in [1.54, 1.807) is 55.6 Å². The van der Waals surface area contributed by atoms with Gasteiger partial charge in [-0.3, -0.25) is 38.8 Å². The molecule has 0 aromatic carbocycles. The fourth-order valence-corrected chi connectivity index (χ4v) is 6.53. The van der Waals surface area contributed by atoms with Gasteiger partial charge in [-0.1, -0.05) is 67.1 Å². The van der Waals surface area contributed by atoms with E-state index in [1.165, 1.54) is 0 Å². The molecule has 0 atom stereocenters. The van der Waals surface area contributed by atoms with Crippen LogP contribution in [0.5, 0.6) is 0 Å². The molecule has 0 fully saturated rings. The molecule has 0 saturated carbocycles. The molecule has 2 aromatic rings. The van der Waals surface area contributed by atoms with Crippen LogP contribution >= 0.6 is 43.2 Å². The zero-order chi connectivity index (χ0) is 38.9. The summed E-state index contributed by atoms with van der Waals surface area (Å²) in [6.45, 7) is 2.35. The second kappa shape index (κ2) is 40.2. The highest BCUT2D eigenvalue weighted by atomic mass is 33.1. The van der Waals surface area contributed by atoms with Crippen LogP contribution in [0.3, 0.4) is 0 Å². The number of amides is 4. The molecule has 2 rings (SSSR count). The number of nitrogens with two attached hydrogens (primary N) is 4. The third-order valence-corrected chi connectivity index (χ3v) is 9.60. The Labute approximate surface area is 322 Å². The number of aromatic nitrogens is 2. The van der Waals surface area contributed by atoms with E-state index in [-0.39, 0.29) is 43.4 Å². The summed E-state index contributed by atoms with van der Waals surface area (Å²) >= 11 is 0. The maximum absolute atomic E-state index is 11.1. The van der Waals surface area contributed by atoms with Crippen molar-refractivity contribution in [2.75, 3.05) is 64.0 Å². The van der Waals surface area contributed by atoms with Crippen LogP contribution in [0.15, 0.2) is 48.8 Å². The zero-order valence-electron chi connectivity index (χ0n) is 29.0. The summed E-state index contributed by atoms with van der Waals surface area (Å²) in [4.78, 5) is 59.6. The quantitative estimate of drug-likeness (QED) is 0.0340. The normalized spacial score (nSPS) is 9.42. The van der Waals surface area contributed by atoms with Crippen molar-refractivity contribution in [3.05, 3.63) is 60.2 Å². The molecular weight excluding hydrogens is 749 g/mol. The minimum Gasteiger partial charge on any atom is -0.355 e. The Hall–Kier alpha value is -3.54. The van der Waals surface area contributed by atoms with Gasteiger partial charge in [0.2, 0.25) is 23.6 Å². The minimum atomic E-state index is -0.310. The molecule has 0 bridgehead atoms. The molecule has 0 unspecified atom stereocenters. The van der Waals surface area contributed by atoms with E-state index in [0.717, 1.165) is 34.4 Å². The second-order valence-electron chi connectivity index (χ2n) is 9.17. The lowest BCUT2D eigenvalue weighted by atomic mass is 10.4. The molecule has 0 saturated heterocycles. The first-order chi connectivity index (χ1) is 25.3. The SMILES string of the molecule is C#CCNC(=O)CCN.C#CCNC(=O)CON.NCCC(=O)NCCSSCc1ccccn1.NOCC(=O)NCCSSCc1ccccn1. The van der Waals surface area contributed by atoms with Gasteiger partial charge < -0.3 is 32.7 Å². The van der Waals surface area contributed by atoms with Crippen LogP contribution in [-0.4, -0.2) is 97.6 Å². The smallest absolute Gasteiger partial charge is 0.248 e. The first-order valence-electron chi connectivity index (χ1n) is 15.5. The van der Waals surface area contributed by atoms with Gasteiger partial charge >= 0.3 is 0 Å². The topological polar surface area (TPSA) is 265 Å². The van der Waals surface area contributed by atoms with E-state index in [2.05, 4.69) is 58.6 Å². The highest BCUT2D eigenvalue weighted by molar-refractivity contribution is 8.76. The molecule has 0 radical (unpaired) electrons. The largest absolute Gasteiger partial charge is 0.355 e. The van der Waals surface area contributed by atoms with Crippen LogP contribution < -0.4 is 44.5 Å². The Morgan fingerprint density at radius 2 is 1.04 bits per heavy atom. The number of rotatable bonds is 22. The standard InChI is InChI=1S/C11H17N3OS2.C10H15N3O2S2.C6H10N2O.C5H8N2O2/c12-5-4-11(15)14-7-8-16-17-9-10-3-1-2-6-13-10;11-15-7-10(14)13-5-6-16-17-8-9-3-1-2-4-12-9;1-2-5-8-6(9)3-4-7;1-2-3-7-5(8)4-9-6/h1-3,6H,4-5,7-9,12H2,(H,14,15);1-4H,5-8,11H2,(H,13,14);1H,3-5,7H2,(H,8,9);1H,3-4,6H2,(H,7,8). The van der Waals surface area contributed by atoms with E-state index in [4.69, 9.17) is 30.2 Å². The average molecular weight is 799 g/mol. The summed E-state index contributed by atoms with van der Waals surface area (Å²) < 4.78 is 0. The van der Waals surface area contributed by atoms with E-state index in [0.29, 0.717) is 45.6 Å². The van der Waals surface area contributed by atoms with Crippen LogP contribution in [0.2, 0.25) is 0 Å². The fourth-order valence-electron chi connectivity index (χ4n) is 2.74. The van der Waals surface area contributed by atoms with Gasteiger partial charge in [-0.25, -0.2) is 11.8 Å². The van der Waals surface area contributed by atoms with Gasteiger partial charge in [0.1, 0.15) is 13.2 Å². The number of hydrogen-bond acceptors (Lipinski definition) is 16. The lowest BCUT2D eigenvalue weighted by Gasteiger charge is -2.03. The Balaban J connectivity index is 0. The maximum atomic E-state index is 11.1. The van der Waals surface area contributed by atoms with Crippen molar-refractivity contribution in [3.8, 4) is 24.7 Å². The highest BCUT2D eigenvalue weighted by Gasteiger charge is 2.01. The molecule has 0 aliphatic heterocycles. The van der Waals surface area contributed by atoms with Crippen LogP contribution in [0.4, 0.5) is 0 Å². The van der Waals surface area contributed by atoms with Crippen LogP contribution in [-0.2, 0) is 40.4 Å². The number of carbonyl (C=O) groups excluding carboxylic acids is 4. The molecular formula is C32H50N10O6S4. The molecule has 2 aromatic heterocycles. The summed E-state index contributed by atoms with van der Waals surface area (Å²) in [6.07, 6.45) is 14.1. The average Bonchev–Trinajstić information content (AvgIpc) is 3.15. The molecule has 0 aliphatic carbocycles. The van der Waals surface area contributed by atoms with Crippen molar-refractivity contribution in [2.45, 2.75) is 24.3 Å². The first kappa shape index (κ1) is 50.6. The van der Waals surface area contributed by atoms with Crippen LogP contribution in [0.25, 0.3) is 0 Å². The lowest BCUT2D eigenvalue weighted by Crippen LogP contribution is -2.30. The number of terminal acetylenes is 2. The summed E-state index contributed by atoms with van der Waals surface area (Å²) in [5.74, 6) is 16.8. The summed E-state index contributed by atoms with van der Waals surface area (Å²) in [5.41, 5.74) is 12.5. The summed E-state index contributed by atoms with van der Waals surface area (Å²) in [5, 5.41) is 10.3.